The van der Waals surface area contributed by atoms with Crippen LogP contribution in [0.4, 0.5) is 5.69 Å². The summed E-state index contributed by atoms with van der Waals surface area (Å²) in [6.45, 7) is 3.71. The van der Waals surface area contributed by atoms with Crippen LogP contribution in [0.5, 0.6) is 11.5 Å². The Morgan fingerprint density at radius 1 is 1.39 bits per heavy atom. The van der Waals surface area contributed by atoms with E-state index in [1.165, 1.54) is 0 Å². The third-order valence-electron chi connectivity index (χ3n) is 2.92. The zero-order chi connectivity index (χ0) is 13.3. The van der Waals surface area contributed by atoms with Crippen molar-refractivity contribution in [3.8, 4) is 11.5 Å². The summed E-state index contributed by atoms with van der Waals surface area (Å²) >= 11 is 6.05. The first-order valence-electron chi connectivity index (χ1n) is 5.64. The van der Waals surface area contributed by atoms with Gasteiger partial charge in [0, 0.05) is 18.2 Å². The highest BCUT2D eigenvalue weighted by Crippen LogP contribution is 2.39. The Morgan fingerprint density at radius 3 is 2.61 bits per heavy atom. The van der Waals surface area contributed by atoms with Crippen LogP contribution in [0, 0.1) is 5.92 Å². The Bertz CT molecular complexity index is 477. The summed E-state index contributed by atoms with van der Waals surface area (Å²) in [4.78, 5) is 11.9. The van der Waals surface area contributed by atoms with Crippen molar-refractivity contribution in [1.82, 2.24) is 0 Å². The van der Waals surface area contributed by atoms with E-state index >= 15 is 0 Å². The molecule has 5 nitrogen and oxygen atoms in total. The van der Waals surface area contributed by atoms with Gasteiger partial charge in [-0.2, -0.15) is 0 Å². The molecule has 0 spiro atoms. The monoisotopic (exact) mass is 270 g/mol. The van der Waals surface area contributed by atoms with Gasteiger partial charge in [0.05, 0.1) is 16.6 Å². The zero-order valence-corrected chi connectivity index (χ0v) is 11.0. The number of nitrogens with two attached hydrogens (primary N) is 1. The molecule has 0 bridgehead atoms. The van der Waals surface area contributed by atoms with Crippen LogP contribution in [0.3, 0.4) is 0 Å². The van der Waals surface area contributed by atoms with Crippen molar-refractivity contribution in [3.63, 3.8) is 0 Å². The lowest BCUT2D eigenvalue weighted by atomic mass is 10.0. The number of amides is 1. The molecule has 2 atom stereocenters. The second-order valence-electron chi connectivity index (χ2n) is 4.32. The fraction of sp³-hybridized carbons (Fsp3) is 0.417. The lowest BCUT2D eigenvalue weighted by Gasteiger charge is -2.16. The van der Waals surface area contributed by atoms with E-state index < -0.39 is 0 Å². The van der Waals surface area contributed by atoms with Crippen LogP contribution in [-0.2, 0) is 4.79 Å². The van der Waals surface area contributed by atoms with Crippen LogP contribution in [0.2, 0.25) is 5.02 Å². The zero-order valence-electron chi connectivity index (χ0n) is 10.2. The molecule has 1 aromatic carbocycles. The van der Waals surface area contributed by atoms with Crippen LogP contribution in [-0.4, -0.2) is 18.7 Å². The molecule has 0 fully saturated rings. The van der Waals surface area contributed by atoms with Crippen LogP contribution < -0.4 is 20.5 Å². The minimum atomic E-state index is -0.300. The van der Waals surface area contributed by atoms with Gasteiger partial charge in [-0.25, -0.2) is 0 Å². The molecular weight excluding hydrogens is 256 g/mol. The van der Waals surface area contributed by atoms with E-state index in [0.29, 0.717) is 22.2 Å². The van der Waals surface area contributed by atoms with Crippen LogP contribution >= 0.6 is 11.6 Å². The molecule has 18 heavy (non-hydrogen) atoms. The van der Waals surface area contributed by atoms with Crippen LogP contribution in [0.1, 0.15) is 13.8 Å². The lowest BCUT2D eigenvalue weighted by molar-refractivity contribution is -0.119. The Balaban J connectivity index is 2.17. The standard InChI is InChI=1S/C12H15ClN2O3/c1-6(7(2)14)12(16)15-9-4-11-10(3-8(9)13)17-5-18-11/h3-4,6-7H,5,14H2,1-2H3,(H,15,16). The molecule has 98 valence electrons. The van der Waals surface area contributed by atoms with E-state index in [2.05, 4.69) is 5.32 Å². The number of fused-ring (bicyclic) bond motifs is 1. The van der Waals surface area contributed by atoms with Crippen molar-refractivity contribution in [2.24, 2.45) is 11.7 Å². The van der Waals surface area contributed by atoms with Gasteiger partial charge in [-0.1, -0.05) is 18.5 Å². The maximum absolute atomic E-state index is 11.9. The number of hydrogen-bond donors (Lipinski definition) is 2. The van der Waals surface area contributed by atoms with E-state index in [0.717, 1.165) is 0 Å². The summed E-state index contributed by atoms with van der Waals surface area (Å²) in [6, 6.07) is 3.05. The van der Waals surface area contributed by atoms with Gasteiger partial charge in [-0.05, 0) is 6.92 Å². The van der Waals surface area contributed by atoms with Gasteiger partial charge < -0.3 is 20.5 Å². The minimum Gasteiger partial charge on any atom is -0.454 e. The molecule has 2 unspecified atom stereocenters. The first-order valence-corrected chi connectivity index (χ1v) is 6.02. The van der Waals surface area contributed by atoms with Gasteiger partial charge in [0.15, 0.2) is 11.5 Å². The molecule has 3 N–H and O–H groups in total. The summed E-state index contributed by atoms with van der Waals surface area (Å²) in [5, 5.41) is 3.14. The van der Waals surface area contributed by atoms with Gasteiger partial charge >= 0.3 is 0 Å². The topological polar surface area (TPSA) is 73.6 Å². The average Bonchev–Trinajstić information content (AvgIpc) is 2.75. The summed E-state index contributed by atoms with van der Waals surface area (Å²) in [5.41, 5.74) is 6.18. The van der Waals surface area contributed by atoms with E-state index in [9.17, 15) is 4.79 Å². The summed E-state index contributed by atoms with van der Waals surface area (Å²) in [7, 11) is 0. The number of nitrogens with one attached hydrogen (secondary N) is 1. The predicted molar refractivity (Wildman–Crippen MR) is 69.0 cm³/mol. The van der Waals surface area contributed by atoms with Gasteiger partial charge in [0.25, 0.3) is 0 Å². The molecule has 1 heterocycles. The van der Waals surface area contributed by atoms with E-state index in [1.54, 1.807) is 26.0 Å². The maximum atomic E-state index is 11.9. The smallest absolute Gasteiger partial charge is 0.231 e. The van der Waals surface area contributed by atoms with Crippen molar-refractivity contribution in [3.05, 3.63) is 17.2 Å². The highest BCUT2D eigenvalue weighted by Gasteiger charge is 2.21. The number of carbonyl (C=O) groups is 1. The Labute approximate surface area is 110 Å². The first-order chi connectivity index (χ1) is 8.49. The van der Waals surface area contributed by atoms with Crippen molar-refractivity contribution in [2.75, 3.05) is 12.1 Å². The molecule has 2 rings (SSSR count). The predicted octanol–water partition coefficient (Wildman–Crippen LogP) is 1.99. The van der Waals surface area contributed by atoms with Crippen LogP contribution in [0.25, 0.3) is 0 Å². The second-order valence-corrected chi connectivity index (χ2v) is 4.73. The third-order valence-corrected chi connectivity index (χ3v) is 3.24. The largest absolute Gasteiger partial charge is 0.454 e. The van der Waals surface area contributed by atoms with Crippen molar-refractivity contribution in [1.29, 1.82) is 0 Å². The number of ether oxygens (including phenoxy) is 2. The SMILES string of the molecule is CC(N)C(C)C(=O)Nc1cc2c(cc1Cl)OCO2. The Kier molecular flexibility index (Phi) is 3.63. The number of hydrogen-bond acceptors (Lipinski definition) is 4. The first kappa shape index (κ1) is 13.0. The molecule has 1 amide bonds. The van der Waals surface area contributed by atoms with Gasteiger partial charge in [0.2, 0.25) is 12.7 Å². The summed E-state index contributed by atoms with van der Waals surface area (Å²) in [5.74, 6) is 0.679. The lowest BCUT2D eigenvalue weighted by Crippen LogP contribution is -2.34. The number of rotatable bonds is 3. The van der Waals surface area contributed by atoms with Crippen molar-refractivity contribution in [2.45, 2.75) is 19.9 Å². The fourth-order valence-electron chi connectivity index (χ4n) is 1.50. The Hall–Kier alpha value is -1.46. The van der Waals surface area contributed by atoms with E-state index in [-0.39, 0.29) is 24.7 Å². The highest BCUT2D eigenvalue weighted by atomic mass is 35.5. The van der Waals surface area contributed by atoms with E-state index in [1.807, 2.05) is 0 Å². The third kappa shape index (κ3) is 2.52. The second kappa shape index (κ2) is 5.04. The highest BCUT2D eigenvalue weighted by molar-refractivity contribution is 6.34. The van der Waals surface area contributed by atoms with E-state index in [4.69, 9.17) is 26.8 Å². The quantitative estimate of drug-likeness (QED) is 0.881. The molecule has 0 aromatic heterocycles. The minimum absolute atomic E-state index is 0.166. The summed E-state index contributed by atoms with van der Waals surface area (Å²) < 4.78 is 10.4. The molecule has 1 aliphatic rings. The molecule has 1 aliphatic heterocycles. The average molecular weight is 271 g/mol. The maximum Gasteiger partial charge on any atom is 0.231 e. The molecule has 1 aromatic rings. The van der Waals surface area contributed by atoms with Gasteiger partial charge in [0.1, 0.15) is 0 Å². The Morgan fingerprint density at radius 2 is 2.00 bits per heavy atom. The molecule has 6 heteroatoms. The number of benzene rings is 1. The fourth-order valence-corrected chi connectivity index (χ4v) is 1.70. The van der Waals surface area contributed by atoms with Crippen molar-refractivity contribution >= 4 is 23.2 Å². The molecule has 0 saturated carbocycles. The molecule has 0 radical (unpaired) electrons. The van der Waals surface area contributed by atoms with Gasteiger partial charge in [-0.15, -0.1) is 0 Å². The molecular formula is C12H15ClN2O3. The normalized spacial score (nSPS) is 16.2. The number of halogens is 1. The van der Waals surface area contributed by atoms with Crippen LogP contribution in [0.15, 0.2) is 12.1 Å². The van der Waals surface area contributed by atoms with Gasteiger partial charge in [-0.3, -0.25) is 4.79 Å². The number of carbonyl (C=O) groups excluding carboxylic acids is 1. The summed E-state index contributed by atoms with van der Waals surface area (Å²) in [6.07, 6.45) is 0. The molecule has 0 saturated heterocycles. The molecule has 0 aliphatic carbocycles. The van der Waals surface area contributed by atoms with Crippen molar-refractivity contribution < 1.29 is 14.3 Å². The number of anilines is 1.